The zero-order valence-electron chi connectivity index (χ0n) is 13.1. The first-order valence-electron chi connectivity index (χ1n) is 7.50. The van der Waals surface area contributed by atoms with Crippen molar-refractivity contribution in [1.29, 1.82) is 0 Å². The molecule has 2 aromatic rings. The molecule has 2 rings (SSSR count). The molecule has 0 amide bonds. The number of halogens is 3. The van der Waals surface area contributed by atoms with Gasteiger partial charge in [-0.1, -0.05) is 30.3 Å². The van der Waals surface area contributed by atoms with E-state index in [4.69, 9.17) is 10.5 Å². The van der Waals surface area contributed by atoms with E-state index in [0.717, 1.165) is 4.68 Å². The Hall–Kier alpha value is -2.35. The van der Waals surface area contributed by atoms with Crippen molar-refractivity contribution in [3.63, 3.8) is 0 Å². The van der Waals surface area contributed by atoms with E-state index in [1.165, 1.54) is 19.1 Å². The van der Waals surface area contributed by atoms with E-state index in [0.29, 0.717) is 6.42 Å². The van der Waals surface area contributed by atoms with Crippen molar-refractivity contribution in [2.75, 3.05) is 13.2 Å². The van der Waals surface area contributed by atoms with E-state index in [9.17, 15) is 18.0 Å². The second kappa shape index (κ2) is 7.48. The number of alkyl halides is 3. The molecule has 0 saturated carbocycles. The van der Waals surface area contributed by atoms with Crippen LogP contribution in [0.5, 0.6) is 0 Å². The molecular formula is C16H18F3N3O2. The zero-order valence-corrected chi connectivity index (χ0v) is 13.1. The molecule has 1 heterocycles. The van der Waals surface area contributed by atoms with Gasteiger partial charge >= 0.3 is 12.1 Å². The fraction of sp³-hybridized carbons (Fsp3) is 0.375. The number of esters is 1. The van der Waals surface area contributed by atoms with Crippen molar-refractivity contribution >= 4 is 5.97 Å². The number of hydrogen-bond acceptors (Lipinski definition) is 4. The Morgan fingerprint density at radius 1 is 1.29 bits per heavy atom. The maximum atomic E-state index is 13.6. The van der Waals surface area contributed by atoms with E-state index < -0.39 is 23.4 Å². The topological polar surface area (TPSA) is 70.1 Å². The number of hydrogen-bond donors (Lipinski definition) is 1. The van der Waals surface area contributed by atoms with Gasteiger partial charge in [-0.25, -0.2) is 4.79 Å². The van der Waals surface area contributed by atoms with Crippen LogP contribution >= 0.6 is 0 Å². The summed E-state index contributed by atoms with van der Waals surface area (Å²) in [5, 5.41) is 4.03. The normalized spacial score (nSPS) is 11.5. The molecule has 1 aromatic carbocycles. The second-order valence-corrected chi connectivity index (χ2v) is 5.02. The number of nitrogens with two attached hydrogens (primary N) is 1. The van der Waals surface area contributed by atoms with Gasteiger partial charge in [-0.2, -0.15) is 18.3 Å². The quantitative estimate of drug-likeness (QED) is 0.820. The van der Waals surface area contributed by atoms with Gasteiger partial charge in [0.15, 0.2) is 5.69 Å². The Morgan fingerprint density at radius 2 is 1.96 bits per heavy atom. The molecule has 0 radical (unpaired) electrons. The minimum Gasteiger partial charge on any atom is -0.461 e. The molecule has 24 heavy (non-hydrogen) atoms. The van der Waals surface area contributed by atoms with Crippen molar-refractivity contribution in [3.8, 4) is 11.3 Å². The fourth-order valence-corrected chi connectivity index (χ4v) is 2.34. The van der Waals surface area contributed by atoms with Crippen molar-refractivity contribution < 1.29 is 22.7 Å². The molecule has 0 aliphatic rings. The van der Waals surface area contributed by atoms with Gasteiger partial charge in [0.25, 0.3) is 0 Å². The summed E-state index contributed by atoms with van der Waals surface area (Å²) in [6, 6.07) is 7.94. The number of aryl methyl sites for hydroxylation is 1. The molecule has 8 heteroatoms. The maximum absolute atomic E-state index is 13.6. The van der Waals surface area contributed by atoms with Crippen LogP contribution in [0, 0.1) is 0 Å². The molecule has 5 nitrogen and oxygen atoms in total. The summed E-state index contributed by atoms with van der Waals surface area (Å²) in [5.41, 5.74) is 3.75. The summed E-state index contributed by atoms with van der Waals surface area (Å²) in [5.74, 6) is -1.04. The van der Waals surface area contributed by atoms with Gasteiger partial charge in [0.05, 0.1) is 6.61 Å². The lowest BCUT2D eigenvalue weighted by Crippen LogP contribution is -2.19. The molecule has 0 unspecified atom stereocenters. The van der Waals surface area contributed by atoms with Gasteiger partial charge in [0, 0.05) is 12.1 Å². The first-order chi connectivity index (χ1) is 11.4. The molecule has 0 spiro atoms. The standard InChI is InChI=1S/C16H18F3N3O2/c1-2-24-15(23)14-12(16(17,18)19)13(11-7-4-3-5-8-11)21-22(14)10-6-9-20/h3-5,7-8H,2,6,9-10,20H2,1H3. The SMILES string of the molecule is CCOC(=O)c1c(C(F)(F)F)c(-c2ccccc2)nn1CCCN. The summed E-state index contributed by atoms with van der Waals surface area (Å²) in [6.07, 6.45) is -4.35. The highest BCUT2D eigenvalue weighted by molar-refractivity contribution is 5.92. The van der Waals surface area contributed by atoms with Crippen LogP contribution in [0.2, 0.25) is 0 Å². The van der Waals surface area contributed by atoms with Gasteiger partial charge in [-0.05, 0) is 19.9 Å². The Labute approximate surface area is 137 Å². The van der Waals surface area contributed by atoms with Crippen LogP contribution in [-0.4, -0.2) is 28.9 Å². The molecule has 1 aromatic heterocycles. The lowest BCUT2D eigenvalue weighted by molar-refractivity contribution is -0.137. The summed E-state index contributed by atoms with van der Waals surface area (Å²) in [6.45, 7) is 1.87. The van der Waals surface area contributed by atoms with Crippen LogP contribution < -0.4 is 5.73 Å². The van der Waals surface area contributed by atoms with Crippen molar-refractivity contribution in [2.24, 2.45) is 5.73 Å². The Morgan fingerprint density at radius 3 is 2.50 bits per heavy atom. The van der Waals surface area contributed by atoms with Crippen molar-refractivity contribution in [3.05, 3.63) is 41.6 Å². The molecular weight excluding hydrogens is 323 g/mol. The molecule has 0 bridgehead atoms. The number of ether oxygens (including phenoxy) is 1. The second-order valence-electron chi connectivity index (χ2n) is 5.02. The summed E-state index contributed by atoms with van der Waals surface area (Å²) >= 11 is 0. The number of nitrogens with zero attached hydrogens (tertiary/aromatic N) is 2. The summed E-state index contributed by atoms with van der Waals surface area (Å²) in [7, 11) is 0. The van der Waals surface area contributed by atoms with Crippen molar-refractivity contribution in [1.82, 2.24) is 9.78 Å². The molecule has 130 valence electrons. The van der Waals surface area contributed by atoms with Crippen LogP contribution in [0.15, 0.2) is 30.3 Å². The third-order valence-corrected chi connectivity index (χ3v) is 3.33. The van der Waals surface area contributed by atoms with Gasteiger partial charge in [-0.3, -0.25) is 4.68 Å². The molecule has 0 saturated heterocycles. The smallest absolute Gasteiger partial charge is 0.420 e. The Kier molecular flexibility index (Phi) is 5.61. The van der Waals surface area contributed by atoms with E-state index in [2.05, 4.69) is 5.10 Å². The number of carbonyl (C=O) groups excluding carboxylic acids is 1. The highest BCUT2D eigenvalue weighted by Crippen LogP contribution is 2.39. The molecule has 0 aliphatic carbocycles. The monoisotopic (exact) mass is 341 g/mol. The predicted octanol–water partition coefficient (Wildman–Crippen LogP) is 3.09. The average molecular weight is 341 g/mol. The maximum Gasteiger partial charge on any atom is 0.420 e. The van der Waals surface area contributed by atoms with Gasteiger partial charge in [-0.15, -0.1) is 0 Å². The van der Waals surface area contributed by atoms with Crippen LogP contribution in [0.1, 0.15) is 29.4 Å². The third kappa shape index (κ3) is 3.76. The highest BCUT2D eigenvalue weighted by Gasteiger charge is 2.43. The predicted molar refractivity (Wildman–Crippen MR) is 82.3 cm³/mol. The summed E-state index contributed by atoms with van der Waals surface area (Å²) in [4.78, 5) is 12.1. The molecule has 2 N–H and O–H groups in total. The lowest BCUT2D eigenvalue weighted by atomic mass is 10.1. The molecule has 0 atom stereocenters. The third-order valence-electron chi connectivity index (χ3n) is 3.33. The van der Waals surface area contributed by atoms with E-state index in [1.807, 2.05) is 0 Å². The average Bonchev–Trinajstić information content (AvgIpc) is 2.94. The largest absolute Gasteiger partial charge is 0.461 e. The van der Waals surface area contributed by atoms with Gasteiger partial charge < -0.3 is 10.5 Å². The van der Waals surface area contributed by atoms with Crippen molar-refractivity contribution in [2.45, 2.75) is 26.1 Å². The minimum absolute atomic E-state index is 0.0289. The van der Waals surface area contributed by atoms with E-state index >= 15 is 0 Å². The zero-order chi connectivity index (χ0) is 17.7. The number of benzene rings is 1. The van der Waals surface area contributed by atoms with E-state index in [1.54, 1.807) is 18.2 Å². The van der Waals surface area contributed by atoms with Crippen LogP contribution in [0.4, 0.5) is 13.2 Å². The fourth-order valence-electron chi connectivity index (χ4n) is 2.34. The highest BCUT2D eigenvalue weighted by atomic mass is 19.4. The number of carbonyl (C=O) groups is 1. The Bertz CT molecular complexity index is 697. The van der Waals surface area contributed by atoms with Crippen LogP contribution in [-0.2, 0) is 17.5 Å². The Balaban J connectivity index is 2.68. The van der Waals surface area contributed by atoms with Gasteiger partial charge in [0.2, 0.25) is 0 Å². The molecule has 0 fully saturated rings. The van der Waals surface area contributed by atoms with E-state index in [-0.39, 0.29) is 31.0 Å². The first kappa shape index (κ1) is 18.0. The van der Waals surface area contributed by atoms with Crippen LogP contribution in [0.25, 0.3) is 11.3 Å². The number of rotatable bonds is 6. The molecule has 0 aliphatic heterocycles. The first-order valence-corrected chi connectivity index (χ1v) is 7.50. The lowest BCUT2D eigenvalue weighted by Gasteiger charge is -2.11. The number of aromatic nitrogens is 2. The summed E-state index contributed by atoms with van der Waals surface area (Å²) < 4.78 is 46.8. The minimum atomic E-state index is -4.74. The van der Waals surface area contributed by atoms with Crippen LogP contribution in [0.3, 0.4) is 0 Å². The van der Waals surface area contributed by atoms with Gasteiger partial charge in [0.1, 0.15) is 11.3 Å².